The van der Waals surface area contributed by atoms with E-state index in [-0.39, 0.29) is 61.6 Å². The van der Waals surface area contributed by atoms with Gasteiger partial charge in [0.05, 0.1) is 17.2 Å². The Morgan fingerprint density at radius 1 is 0.986 bits per heavy atom. The number of nitro groups is 1. The van der Waals surface area contributed by atoms with Gasteiger partial charge in [-0.3, -0.25) is 57.7 Å². The number of anilines is 2. The van der Waals surface area contributed by atoms with Crippen molar-refractivity contribution in [3.05, 3.63) is 104 Å². The predicted molar refractivity (Wildman–Crippen MR) is 244 cm³/mol. The van der Waals surface area contributed by atoms with Gasteiger partial charge in [0.2, 0.25) is 23.9 Å². The molecule has 2 aromatic carbocycles. The molecule has 1 aromatic heterocycles. The largest absolute Gasteiger partial charge is 0.394 e. The minimum absolute atomic E-state index is 0.0360. The first kappa shape index (κ1) is 53.6. The van der Waals surface area contributed by atoms with Gasteiger partial charge < -0.3 is 35.8 Å². The molecule has 0 bridgehead atoms. The van der Waals surface area contributed by atoms with E-state index in [2.05, 4.69) is 31.5 Å². The molecule has 0 aliphatic carbocycles. The molecule has 7 amide bonds. The van der Waals surface area contributed by atoms with E-state index in [9.17, 15) is 80.4 Å². The molecule has 72 heavy (non-hydrogen) atoms. The van der Waals surface area contributed by atoms with E-state index in [1.807, 2.05) is 0 Å². The molecule has 2 fully saturated rings. The summed E-state index contributed by atoms with van der Waals surface area (Å²) in [6.07, 6.45) is -2.04. The maximum atomic E-state index is 14.5. The fourth-order valence-corrected chi connectivity index (χ4v) is 8.45. The number of halogens is 2. The predicted octanol–water partition coefficient (Wildman–Crippen LogP) is 0.231. The number of hydrogen-bond donors (Lipinski definition) is 7. The van der Waals surface area contributed by atoms with Crippen molar-refractivity contribution in [1.82, 2.24) is 30.1 Å². The lowest BCUT2D eigenvalue weighted by atomic mass is 10.1. The molecule has 4 heterocycles. The minimum Gasteiger partial charge on any atom is -0.394 e. The zero-order chi connectivity index (χ0) is 52.7. The molecule has 7 N–H and O–H groups in total. The lowest BCUT2D eigenvalue weighted by Gasteiger charge is -2.28. The number of imide groups is 1. The number of nitro benzene ring substituents is 1. The molecule has 3 aliphatic rings. The quantitative estimate of drug-likeness (QED) is 0.0199. The van der Waals surface area contributed by atoms with Crippen molar-refractivity contribution in [3.63, 3.8) is 0 Å². The molecule has 384 valence electrons. The number of nitrogens with one attached hydrogen (secondary N) is 4. The third-order valence-electron chi connectivity index (χ3n) is 11.5. The summed E-state index contributed by atoms with van der Waals surface area (Å²) in [6.45, 7) is 0.591. The molecular weight excluding hydrogens is 983 g/mol. The Labute approximate surface area is 406 Å². The number of hydrogen-bond acceptors (Lipinski definition) is 17. The summed E-state index contributed by atoms with van der Waals surface area (Å²) in [5.41, 5.74) is 0.111. The van der Waals surface area contributed by atoms with Crippen molar-refractivity contribution in [2.45, 2.75) is 81.9 Å². The molecule has 29 heteroatoms. The first-order valence-electron chi connectivity index (χ1n) is 21.8. The highest BCUT2D eigenvalue weighted by Crippen LogP contribution is 2.42. The number of ether oxygens (including phenoxy) is 1. The number of alkyl halides is 2. The first-order valence-corrected chi connectivity index (χ1v) is 23.5. The first-order chi connectivity index (χ1) is 34.0. The average Bonchev–Trinajstić information content (AvgIpc) is 4.01. The topological polar surface area (TPSA) is 369 Å². The average molecular weight is 1030 g/mol. The van der Waals surface area contributed by atoms with Crippen molar-refractivity contribution in [2.24, 2.45) is 5.10 Å². The van der Waals surface area contributed by atoms with Gasteiger partial charge in [-0.1, -0.05) is 18.6 Å². The van der Waals surface area contributed by atoms with Crippen molar-refractivity contribution < 1.29 is 75.2 Å². The fraction of sp³-hybridized carbons (Fsp3) is 0.395. The van der Waals surface area contributed by atoms with E-state index in [1.165, 1.54) is 37.3 Å². The van der Waals surface area contributed by atoms with E-state index in [4.69, 9.17) is 4.74 Å². The Morgan fingerprint density at radius 2 is 1.67 bits per heavy atom. The monoisotopic (exact) mass is 1030 g/mol. The number of aliphatic hydroxyl groups is 2. The Balaban J connectivity index is 1.03. The van der Waals surface area contributed by atoms with Crippen LogP contribution in [0.4, 0.5) is 26.0 Å². The van der Waals surface area contributed by atoms with E-state index < -0.39 is 122 Å². The summed E-state index contributed by atoms with van der Waals surface area (Å²) in [5, 5.41) is 42.1. The summed E-state index contributed by atoms with van der Waals surface area (Å²) in [4.78, 5) is 119. The van der Waals surface area contributed by atoms with Crippen LogP contribution in [0.2, 0.25) is 0 Å². The lowest BCUT2D eigenvalue weighted by Crippen LogP contribution is -2.54. The van der Waals surface area contributed by atoms with Crippen LogP contribution < -0.4 is 27.1 Å². The standard InChI is InChI=1S/C43H46F2N10O16S/c1-23(24-8-10-25(11-9-24)37(61)48-32-16-19-54(42(65)49-32)41-43(44,45)36(60)31(21-56)71-41)50-51-38(62)27-13-12-26(20-30(27)55(66)67)46-39(63)29-6-5-18-52(29)40(64)28(22-72(68,69)70)47-33(57)7-3-2-4-17-53-34(58)14-15-35(53)59/h8-16,19-20,28-29,31,36,41,56,60H,2-7,17-18,21-22H2,1H3,(H,46,63)(H,47,57)(H,51,62)(H,68,69,70)(H,48,49,61,65)/b50-23+/t28-,29+,31-,36?,41-/m1/s1. The number of carbonyl (C=O) groups excluding carboxylic acids is 7. The number of aliphatic hydroxyl groups excluding tert-OH is 2. The van der Waals surface area contributed by atoms with Crippen LogP contribution >= 0.6 is 0 Å². The smallest absolute Gasteiger partial charge is 0.351 e. The van der Waals surface area contributed by atoms with E-state index in [0.717, 1.165) is 46.3 Å². The highest BCUT2D eigenvalue weighted by molar-refractivity contribution is 7.85. The van der Waals surface area contributed by atoms with Gasteiger partial charge >= 0.3 is 11.6 Å². The maximum Gasteiger partial charge on any atom is 0.351 e. The van der Waals surface area contributed by atoms with Crippen molar-refractivity contribution in [2.75, 3.05) is 36.1 Å². The maximum absolute atomic E-state index is 14.5. The molecule has 6 rings (SSSR count). The number of benzene rings is 2. The van der Waals surface area contributed by atoms with Crippen molar-refractivity contribution >= 4 is 74.4 Å². The molecule has 3 aromatic rings. The molecule has 2 saturated heterocycles. The zero-order valence-corrected chi connectivity index (χ0v) is 38.6. The Hall–Kier alpha value is -7.73. The van der Waals surface area contributed by atoms with Gasteiger partial charge in [-0.05, 0) is 68.5 Å². The van der Waals surface area contributed by atoms with Crippen LogP contribution in [0.3, 0.4) is 0 Å². The Kier molecular flexibility index (Phi) is 16.8. The van der Waals surface area contributed by atoms with Crippen LogP contribution in [0.25, 0.3) is 0 Å². The fourth-order valence-electron chi connectivity index (χ4n) is 7.81. The van der Waals surface area contributed by atoms with E-state index in [0.29, 0.717) is 23.0 Å². The van der Waals surface area contributed by atoms with Gasteiger partial charge in [0, 0.05) is 55.2 Å². The van der Waals surface area contributed by atoms with Crippen LogP contribution in [0.5, 0.6) is 0 Å². The second-order valence-corrected chi connectivity index (χ2v) is 18.0. The summed E-state index contributed by atoms with van der Waals surface area (Å²) < 4.78 is 67.8. The van der Waals surface area contributed by atoms with Gasteiger partial charge in [0.25, 0.3) is 39.4 Å². The summed E-state index contributed by atoms with van der Waals surface area (Å²) >= 11 is 0. The number of unbranched alkanes of at least 4 members (excludes halogenated alkanes) is 2. The van der Waals surface area contributed by atoms with Crippen molar-refractivity contribution in [3.8, 4) is 0 Å². The summed E-state index contributed by atoms with van der Waals surface area (Å²) in [6, 6.07) is 6.60. The number of rotatable bonds is 20. The molecule has 0 radical (unpaired) electrons. The molecule has 3 aliphatic heterocycles. The van der Waals surface area contributed by atoms with Crippen LogP contribution in [-0.4, -0.2) is 150 Å². The normalized spacial score (nSPS) is 20.1. The molecular formula is C43H46F2N10O16S. The molecule has 26 nitrogen and oxygen atoms in total. The summed E-state index contributed by atoms with van der Waals surface area (Å²) in [7, 11) is -4.84. The highest BCUT2D eigenvalue weighted by atomic mass is 32.2. The second-order valence-electron chi connectivity index (χ2n) is 16.5. The van der Waals surface area contributed by atoms with Gasteiger partial charge in [-0.15, -0.1) is 0 Å². The number of aromatic nitrogens is 2. The molecule has 1 unspecified atom stereocenters. The third kappa shape index (κ3) is 12.8. The van der Waals surface area contributed by atoms with Crippen LogP contribution in [0.15, 0.2) is 76.8 Å². The van der Waals surface area contributed by atoms with Crippen LogP contribution in [0, 0.1) is 10.1 Å². The molecule has 0 spiro atoms. The van der Waals surface area contributed by atoms with Gasteiger partial charge in [-0.25, -0.2) is 10.2 Å². The molecule has 5 atom stereocenters. The SMILES string of the molecule is C/C(=N\NC(=O)c1ccc(NC(=O)[C@@H]2CCCN2C(=O)[C@@H](CS(=O)(=O)O)NC(=O)CCCCCN2C(=O)C=CC2=O)cc1[N+](=O)[O-])c1ccc(C(=O)Nc2ccn([C@@H]3O[C@H](CO)C(O)C3(F)F)c(=O)n2)cc1. The molecule has 0 saturated carbocycles. The van der Waals surface area contributed by atoms with Crippen LogP contribution in [-0.2, 0) is 38.8 Å². The number of hydrazone groups is 1. The third-order valence-corrected chi connectivity index (χ3v) is 12.3. The Bertz CT molecular complexity index is 2880. The number of amides is 7. The highest BCUT2D eigenvalue weighted by Gasteiger charge is 2.59. The second kappa shape index (κ2) is 22.6. The summed E-state index contributed by atoms with van der Waals surface area (Å²) in [5.74, 6) is -10.8. The number of likely N-dealkylation sites (tertiary alicyclic amines) is 1. The van der Waals surface area contributed by atoms with E-state index in [1.54, 1.807) is 0 Å². The van der Waals surface area contributed by atoms with Gasteiger partial charge in [0.1, 0.15) is 35.3 Å². The van der Waals surface area contributed by atoms with Crippen LogP contribution in [0.1, 0.15) is 78.0 Å². The zero-order valence-electron chi connectivity index (χ0n) is 37.8. The number of nitrogens with zero attached hydrogens (tertiary/aromatic N) is 6. The lowest BCUT2D eigenvalue weighted by molar-refractivity contribution is -0.385. The van der Waals surface area contributed by atoms with Crippen molar-refractivity contribution in [1.29, 1.82) is 0 Å². The Morgan fingerprint density at radius 3 is 2.29 bits per heavy atom. The van der Waals surface area contributed by atoms with E-state index >= 15 is 0 Å². The minimum atomic E-state index is -4.84. The van der Waals surface area contributed by atoms with Gasteiger partial charge in [-0.2, -0.15) is 27.3 Å². The number of carbonyl (C=O) groups is 7. The van der Waals surface area contributed by atoms with Gasteiger partial charge in [0.15, 0.2) is 6.10 Å².